The Morgan fingerprint density at radius 2 is 2.00 bits per heavy atom. The molecule has 3 heteroatoms. The first-order valence-electron chi connectivity index (χ1n) is 7.15. The Hall–Kier alpha value is -0.990. The van der Waals surface area contributed by atoms with Crippen molar-refractivity contribution in [2.75, 3.05) is 7.05 Å². The quantitative estimate of drug-likeness (QED) is 0.765. The molecular weight excluding hydrogens is 224 g/mol. The molecule has 0 aliphatic heterocycles. The molecule has 1 atom stereocenters. The second-order valence-corrected chi connectivity index (χ2v) is 5.96. The third-order valence-electron chi connectivity index (χ3n) is 3.37. The van der Waals surface area contributed by atoms with Gasteiger partial charge in [0.25, 0.3) is 0 Å². The lowest BCUT2D eigenvalue weighted by molar-refractivity contribution is 0.187. The largest absolute Gasteiger partial charge is 0.336 e. The van der Waals surface area contributed by atoms with Gasteiger partial charge in [0.15, 0.2) is 0 Å². The first kappa shape index (κ1) is 15.1. The Morgan fingerprint density at radius 3 is 2.56 bits per heavy atom. The molecule has 1 fully saturated rings. The summed E-state index contributed by atoms with van der Waals surface area (Å²) >= 11 is 0. The fourth-order valence-corrected chi connectivity index (χ4v) is 2.57. The van der Waals surface area contributed by atoms with Crippen LogP contribution in [-0.2, 0) is 0 Å². The molecule has 0 aromatic carbocycles. The van der Waals surface area contributed by atoms with Crippen LogP contribution >= 0.6 is 0 Å². The van der Waals surface area contributed by atoms with Crippen LogP contribution < -0.4 is 5.32 Å². The number of nitrogens with zero attached hydrogens (tertiary/aromatic N) is 1. The zero-order valence-electron chi connectivity index (χ0n) is 12.5. The standard InChI is InChI=1S/C15H28N2O/c1-11(2)10-13-8-6-7-9-14(13)17(5)15(18)16-12(3)4/h10-12,14H,6-9H2,1-5H3,(H,16,18)/b13-10+/t14-/m0/s1. The van der Waals surface area contributed by atoms with Crippen molar-refractivity contribution in [3.05, 3.63) is 11.6 Å². The van der Waals surface area contributed by atoms with E-state index < -0.39 is 0 Å². The summed E-state index contributed by atoms with van der Waals surface area (Å²) in [6.45, 7) is 8.40. The number of urea groups is 1. The van der Waals surface area contributed by atoms with Crippen LogP contribution in [0.5, 0.6) is 0 Å². The van der Waals surface area contributed by atoms with Crippen LogP contribution in [0.4, 0.5) is 4.79 Å². The van der Waals surface area contributed by atoms with Gasteiger partial charge in [0.1, 0.15) is 0 Å². The highest BCUT2D eigenvalue weighted by Gasteiger charge is 2.26. The number of carbonyl (C=O) groups excluding carboxylic acids is 1. The number of hydrogen-bond acceptors (Lipinski definition) is 1. The van der Waals surface area contributed by atoms with Crippen molar-refractivity contribution in [1.82, 2.24) is 10.2 Å². The van der Waals surface area contributed by atoms with Crippen LogP contribution in [0.2, 0.25) is 0 Å². The predicted octanol–water partition coefficient (Wildman–Crippen LogP) is 3.56. The first-order chi connectivity index (χ1) is 8.41. The highest BCUT2D eigenvalue weighted by atomic mass is 16.2. The van der Waals surface area contributed by atoms with Crippen LogP contribution in [0, 0.1) is 5.92 Å². The zero-order valence-corrected chi connectivity index (χ0v) is 12.5. The van der Waals surface area contributed by atoms with Gasteiger partial charge in [0, 0.05) is 13.1 Å². The molecule has 18 heavy (non-hydrogen) atoms. The van der Waals surface area contributed by atoms with Gasteiger partial charge in [-0.3, -0.25) is 0 Å². The van der Waals surface area contributed by atoms with E-state index in [1.165, 1.54) is 18.4 Å². The highest BCUT2D eigenvalue weighted by molar-refractivity contribution is 5.75. The number of carbonyl (C=O) groups is 1. The molecule has 3 nitrogen and oxygen atoms in total. The van der Waals surface area contributed by atoms with Gasteiger partial charge < -0.3 is 10.2 Å². The normalized spacial score (nSPS) is 22.6. The number of likely N-dealkylation sites (N-methyl/N-ethyl adjacent to an activating group) is 1. The molecule has 1 aliphatic carbocycles. The van der Waals surface area contributed by atoms with E-state index in [1.807, 2.05) is 25.8 Å². The molecule has 0 saturated heterocycles. The Bertz CT molecular complexity index is 308. The molecule has 1 saturated carbocycles. The van der Waals surface area contributed by atoms with Crippen molar-refractivity contribution >= 4 is 6.03 Å². The summed E-state index contributed by atoms with van der Waals surface area (Å²) in [6, 6.07) is 0.535. The molecular formula is C15H28N2O. The van der Waals surface area contributed by atoms with Crippen molar-refractivity contribution in [2.24, 2.45) is 5.92 Å². The van der Waals surface area contributed by atoms with Crippen LogP contribution in [0.3, 0.4) is 0 Å². The lowest BCUT2D eigenvalue weighted by Gasteiger charge is -2.34. The van der Waals surface area contributed by atoms with E-state index in [2.05, 4.69) is 25.2 Å². The van der Waals surface area contributed by atoms with Crippen molar-refractivity contribution in [2.45, 2.75) is 65.5 Å². The Labute approximate surface area is 112 Å². The molecule has 0 bridgehead atoms. The van der Waals surface area contributed by atoms with Crippen molar-refractivity contribution in [3.63, 3.8) is 0 Å². The molecule has 0 heterocycles. The smallest absolute Gasteiger partial charge is 0.317 e. The summed E-state index contributed by atoms with van der Waals surface area (Å²) < 4.78 is 0. The lowest BCUT2D eigenvalue weighted by Crippen LogP contribution is -2.47. The van der Waals surface area contributed by atoms with Gasteiger partial charge in [0.2, 0.25) is 0 Å². The molecule has 104 valence electrons. The third-order valence-corrected chi connectivity index (χ3v) is 3.37. The molecule has 0 radical (unpaired) electrons. The van der Waals surface area contributed by atoms with E-state index >= 15 is 0 Å². The fourth-order valence-electron chi connectivity index (χ4n) is 2.57. The van der Waals surface area contributed by atoms with Crippen molar-refractivity contribution < 1.29 is 4.79 Å². The van der Waals surface area contributed by atoms with Gasteiger partial charge in [-0.15, -0.1) is 0 Å². The van der Waals surface area contributed by atoms with Gasteiger partial charge in [-0.1, -0.05) is 31.9 Å². The van der Waals surface area contributed by atoms with E-state index in [-0.39, 0.29) is 12.1 Å². The van der Waals surface area contributed by atoms with Crippen molar-refractivity contribution in [1.29, 1.82) is 0 Å². The SMILES string of the molecule is CC(C)/C=C1\CCCC[C@@H]1N(C)C(=O)NC(C)C. The van der Waals surface area contributed by atoms with E-state index in [0.717, 1.165) is 12.8 Å². The summed E-state index contributed by atoms with van der Waals surface area (Å²) in [4.78, 5) is 14.0. The van der Waals surface area contributed by atoms with Gasteiger partial charge >= 0.3 is 6.03 Å². The van der Waals surface area contributed by atoms with Crippen LogP contribution in [-0.4, -0.2) is 30.1 Å². The molecule has 0 spiro atoms. The van der Waals surface area contributed by atoms with Crippen LogP contribution in [0.25, 0.3) is 0 Å². The maximum absolute atomic E-state index is 12.1. The minimum absolute atomic E-state index is 0.0477. The van der Waals surface area contributed by atoms with E-state index in [1.54, 1.807) is 0 Å². The Balaban J connectivity index is 2.74. The van der Waals surface area contributed by atoms with Gasteiger partial charge in [0.05, 0.1) is 6.04 Å². The van der Waals surface area contributed by atoms with Crippen LogP contribution in [0.15, 0.2) is 11.6 Å². The second kappa shape index (κ2) is 6.81. The topological polar surface area (TPSA) is 32.3 Å². The number of hydrogen-bond donors (Lipinski definition) is 1. The predicted molar refractivity (Wildman–Crippen MR) is 76.6 cm³/mol. The number of nitrogens with one attached hydrogen (secondary N) is 1. The summed E-state index contributed by atoms with van der Waals surface area (Å²) in [5, 5.41) is 2.97. The second-order valence-electron chi connectivity index (χ2n) is 5.96. The van der Waals surface area contributed by atoms with Gasteiger partial charge in [-0.2, -0.15) is 0 Å². The summed E-state index contributed by atoms with van der Waals surface area (Å²) in [6.07, 6.45) is 7.06. The van der Waals surface area contributed by atoms with E-state index in [0.29, 0.717) is 12.0 Å². The molecule has 1 rings (SSSR count). The minimum Gasteiger partial charge on any atom is -0.336 e. The van der Waals surface area contributed by atoms with E-state index in [9.17, 15) is 4.79 Å². The minimum atomic E-state index is 0.0477. The number of rotatable bonds is 3. The maximum atomic E-state index is 12.1. The molecule has 0 unspecified atom stereocenters. The summed E-state index contributed by atoms with van der Waals surface area (Å²) in [7, 11) is 1.92. The Morgan fingerprint density at radius 1 is 1.33 bits per heavy atom. The van der Waals surface area contributed by atoms with Crippen LogP contribution in [0.1, 0.15) is 53.4 Å². The molecule has 0 aromatic heterocycles. The fraction of sp³-hybridized carbons (Fsp3) is 0.800. The number of amides is 2. The Kier molecular flexibility index (Phi) is 5.70. The third kappa shape index (κ3) is 4.35. The first-order valence-corrected chi connectivity index (χ1v) is 7.15. The summed E-state index contributed by atoms with van der Waals surface area (Å²) in [5.74, 6) is 0.558. The van der Waals surface area contributed by atoms with Gasteiger partial charge in [-0.25, -0.2) is 4.79 Å². The molecule has 1 aliphatic rings. The van der Waals surface area contributed by atoms with Crippen molar-refractivity contribution in [3.8, 4) is 0 Å². The maximum Gasteiger partial charge on any atom is 0.317 e. The highest BCUT2D eigenvalue weighted by Crippen LogP contribution is 2.28. The summed E-state index contributed by atoms with van der Waals surface area (Å²) in [5.41, 5.74) is 1.44. The number of allylic oxidation sites excluding steroid dienone is 1. The average molecular weight is 252 g/mol. The van der Waals surface area contributed by atoms with Gasteiger partial charge in [-0.05, 0) is 39.0 Å². The molecule has 2 amide bonds. The molecule has 1 N–H and O–H groups in total. The van der Waals surface area contributed by atoms with E-state index in [4.69, 9.17) is 0 Å². The molecule has 0 aromatic rings. The lowest BCUT2D eigenvalue weighted by atomic mass is 9.87. The average Bonchev–Trinajstić information content (AvgIpc) is 2.27. The zero-order chi connectivity index (χ0) is 13.7. The monoisotopic (exact) mass is 252 g/mol.